The Morgan fingerprint density at radius 2 is 1.44 bits per heavy atom. The molecule has 3 aromatic carbocycles. The topological polar surface area (TPSA) is 59.4 Å². The van der Waals surface area contributed by atoms with E-state index >= 15 is 0 Å². The quantitative estimate of drug-likeness (QED) is 0.249. The first kappa shape index (κ1) is 24.8. The van der Waals surface area contributed by atoms with Gasteiger partial charge >= 0.3 is 0 Å². The van der Waals surface area contributed by atoms with Gasteiger partial charge in [0.25, 0.3) is 11.5 Å². The molecule has 1 atom stereocenters. The van der Waals surface area contributed by atoms with Crippen LogP contribution in [0.15, 0.2) is 108 Å². The van der Waals surface area contributed by atoms with E-state index in [0.29, 0.717) is 13.0 Å². The summed E-state index contributed by atoms with van der Waals surface area (Å²) in [5.41, 5.74) is 2.39. The summed E-state index contributed by atoms with van der Waals surface area (Å²) in [4.78, 5) is 42.2. The second kappa shape index (κ2) is 11.4. The number of ketones is 1. The fraction of sp³-hybridized carbons (Fsp3) is 0.167. The summed E-state index contributed by atoms with van der Waals surface area (Å²) in [5.74, 6) is -1.54. The van der Waals surface area contributed by atoms with Gasteiger partial charge in [0.05, 0.1) is 0 Å². The zero-order valence-corrected chi connectivity index (χ0v) is 20.0. The number of carbonyl (C=O) groups excluding carboxylic acids is 2. The van der Waals surface area contributed by atoms with E-state index in [4.69, 9.17) is 0 Å². The zero-order valence-electron chi connectivity index (χ0n) is 20.0. The van der Waals surface area contributed by atoms with E-state index in [1.54, 1.807) is 17.9 Å². The molecular weight excluding hydrogens is 455 g/mol. The summed E-state index contributed by atoms with van der Waals surface area (Å²) in [6.07, 6.45) is 2.10. The average molecular weight is 483 g/mol. The Bertz CT molecular complexity index is 1380. The van der Waals surface area contributed by atoms with E-state index in [-0.39, 0.29) is 12.1 Å². The highest BCUT2D eigenvalue weighted by Crippen LogP contribution is 2.20. The van der Waals surface area contributed by atoms with Crippen LogP contribution in [0.4, 0.5) is 4.39 Å². The maximum atomic E-state index is 14.1. The number of aromatic nitrogens is 1. The van der Waals surface area contributed by atoms with Gasteiger partial charge in [-0.15, -0.1) is 0 Å². The van der Waals surface area contributed by atoms with Gasteiger partial charge < -0.3 is 4.90 Å². The standard InChI is InChI=1S/C30H27FN2O3/c1-22-12-17-27(34)33(20-22)28(29(35)25-13-15-26(31)16-14-25)30(36)32(21-24-10-6-3-7-11-24)19-18-23-8-4-2-5-9-23/h2-17,20,28H,18-19,21H2,1H3. The molecule has 1 heterocycles. The molecule has 36 heavy (non-hydrogen) atoms. The van der Waals surface area contributed by atoms with Gasteiger partial charge in [-0.2, -0.15) is 0 Å². The molecule has 0 aliphatic carbocycles. The van der Waals surface area contributed by atoms with E-state index in [1.807, 2.05) is 60.7 Å². The molecule has 0 saturated heterocycles. The summed E-state index contributed by atoms with van der Waals surface area (Å²) in [6, 6.07) is 25.9. The minimum Gasteiger partial charge on any atom is -0.336 e. The number of hydrogen-bond donors (Lipinski definition) is 0. The summed E-state index contributed by atoms with van der Waals surface area (Å²) in [7, 11) is 0. The number of pyridine rings is 1. The molecule has 4 rings (SSSR count). The lowest BCUT2D eigenvalue weighted by Gasteiger charge is -2.28. The van der Waals surface area contributed by atoms with Gasteiger partial charge in [0, 0.05) is 30.9 Å². The molecular formula is C30H27FN2O3. The molecule has 5 nitrogen and oxygen atoms in total. The van der Waals surface area contributed by atoms with Crippen molar-refractivity contribution in [2.24, 2.45) is 0 Å². The molecule has 1 amide bonds. The Morgan fingerprint density at radius 3 is 2.08 bits per heavy atom. The number of carbonyl (C=O) groups is 2. The Balaban J connectivity index is 1.74. The third kappa shape index (κ3) is 6.02. The number of hydrogen-bond acceptors (Lipinski definition) is 3. The predicted molar refractivity (Wildman–Crippen MR) is 137 cm³/mol. The second-order valence-corrected chi connectivity index (χ2v) is 8.71. The van der Waals surface area contributed by atoms with E-state index in [0.717, 1.165) is 16.7 Å². The minimum absolute atomic E-state index is 0.158. The monoisotopic (exact) mass is 482 g/mol. The van der Waals surface area contributed by atoms with Crippen molar-refractivity contribution >= 4 is 11.7 Å². The van der Waals surface area contributed by atoms with Gasteiger partial charge in [0.15, 0.2) is 11.8 Å². The van der Waals surface area contributed by atoms with Crippen LogP contribution < -0.4 is 5.56 Å². The van der Waals surface area contributed by atoms with Gasteiger partial charge in [0.1, 0.15) is 5.82 Å². The van der Waals surface area contributed by atoms with E-state index < -0.39 is 29.1 Å². The largest absolute Gasteiger partial charge is 0.336 e. The van der Waals surface area contributed by atoms with Crippen LogP contribution in [0.3, 0.4) is 0 Å². The fourth-order valence-corrected chi connectivity index (χ4v) is 4.10. The molecule has 0 bridgehead atoms. The molecule has 1 aromatic heterocycles. The number of halogens is 1. The maximum Gasteiger partial charge on any atom is 0.254 e. The average Bonchev–Trinajstić information content (AvgIpc) is 2.90. The van der Waals surface area contributed by atoms with Gasteiger partial charge in [-0.3, -0.25) is 19.0 Å². The normalized spacial score (nSPS) is 11.6. The van der Waals surface area contributed by atoms with Crippen molar-refractivity contribution in [3.05, 3.63) is 142 Å². The van der Waals surface area contributed by atoms with Crippen molar-refractivity contribution < 1.29 is 14.0 Å². The highest BCUT2D eigenvalue weighted by Gasteiger charge is 2.34. The number of amides is 1. The first-order chi connectivity index (χ1) is 17.4. The van der Waals surface area contributed by atoms with Crippen LogP contribution >= 0.6 is 0 Å². The van der Waals surface area contributed by atoms with Crippen molar-refractivity contribution in [1.29, 1.82) is 0 Å². The lowest BCUT2D eigenvalue weighted by Crippen LogP contribution is -2.44. The molecule has 0 saturated carbocycles. The number of benzene rings is 3. The van der Waals surface area contributed by atoms with Gasteiger partial charge in [-0.25, -0.2) is 4.39 Å². The Kier molecular flexibility index (Phi) is 7.85. The highest BCUT2D eigenvalue weighted by atomic mass is 19.1. The fourth-order valence-electron chi connectivity index (χ4n) is 4.10. The van der Waals surface area contributed by atoms with Crippen molar-refractivity contribution in [1.82, 2.24) is 9.47 Å². The number of Topliss-reactive ketones (excluding diaryl/α,β-unsaturated/α-hetero) is 1. The molecule has 1 unspecified atom stereocenters. The van der Waals surface area contributed by atoms with E-state index in [2.05, 4.69) is 0 Å². The SMILES string of the molecule is Cc1ccc(=O)n(C(C(=O)c2ccc(F)cc2)C(=O)N(CCc2ccccc2)Cc2ccccc2)c1. The highest BCUT2D eigenvalue weighted by molar-refractivity contribution is 6.11. The van der Waals surface area contributed by atoms with Gasteiger partial charge in [0.2, 0.25) is 0 Å². The van der Waals surface area contributed by atoms with Crippen LogP contribution in [0.2, 0.25) is 0 Å². The van der Waals surface area contributed by atoms with Crippen molar-refractivity contribution in [3.63, 3.8) is 0 Å². The molecule has 182 valence electrons. The van der Waals surface area contributed by atoms with Crippen LogP contribution in [0, 0.1) is 12.7 Å². The van der Waals surface area contributed by atoms with Gasteiger partial charge in [-0.1, -0.05) is 66.7 Å². The Morgan fingerprint density at radius 1 is 0.833 bits per heavy atom. The van der Waals surface area contributed by atoms with Crippen LogP contribution in [0.25, 0.3) is 0 Å². The molecule has 0 N–H and O–H groups in total. The summed E-state index contributed by atoms with van der Waals surface area (Å²) in [6.45, 7) is 2.42. The molecule has 0 aliphatic heterocycles. The number of rotatable bonds is 9. The van der Waals surface area contributed by atoms with E-state index in [1.165, 1.54) is 41.1 Å². The summed E-state index contributed by atoms with van der Waals surface area (Å²) in [5, 5.41) is 0. The van der Waals surface area contributed by atoms with Crippen molar-refractivity contribution in [2.75, 3.05) is 6.54 Å². The lowest BCUT2D eigenvalue weighted by atomic mass is 10.0. The predicted octanol–water partition coefficient (Wildman–Crippen LogP) is 4.99. The molecule has 0 aliphatic rings. The van der Waals surface area contributed by atoms with Crippen molar-refractivity contribution in [2.45, 2.75) is 25.9 Å². The summed E-state index contributed by atoms with van der Waals surface area (Å²) >= 11 is 0. The zero-order chi connectivity index (χ0) is 25.5. The van der Waals surface area contributed by atoms with Gasteiger partial charge in [-0.05, 0) is 54.3 Å². The molecule has 0 radical (unpaired) electrons. The molecule has 0 spiro atoms. The number of nitrogens with zero attached hydrogens (tertiary/aromatic N) is 2. The molecule has 0 fully saturated rings. The lowest BCUT2D eigenvalue weighted by molar-refractivity contribution is -0.134. The summed E-state index contributed by atoms with van der Waals surface area (Å²) < 4.78 is 14.7. The Labute approximate surface area is 209 Å². The van der Waals surface area contributed by atoms with E-state index in [9.17, 15) is 18.8 Å². The van der Waals surface area contributed by atoms with Crippen LogP contribution in [-0.2, 0) is 17.8 Å². The molecule has 6 heteroatoms. The number of aryl methyl sites for hydroxylation is 1. The molecule has 4 aromatic rings. The third-order valence-electron chi connectivity index (χ3n) is 6.02. The third-order valence-corrected chi connectivity index (χ3v) is 6.02. The van der Waals surface area contributed by atoms with Crippen LogP contribution in [0.5, 0.6) is 0 Å². The second-order valence-electron chi connectivity index (χ2n) is 8.71. The van der Waals surface area contributed by atoms with Crippen LogP contribution in [0.1, 0.15) is 33.1 Å². The first-order valence-electron chi connectivity index (χ1n) is 11.8. The van der Waals surface area contributed by atoms with Crippen molar-refractivity contribution in [3.8, 4) is 0 Å². The first-order valence-corrected chi connectivity index (χ1v) is 11.8. The Hall–Kier alpha value is -4.32. The maximum absolute atomic E-state index is 14.1. The smallest absolute Gasteiger partial charge is 0.254 e. The van der Waals surface area contributed by atoms with Crippen LogP contribution in [-0.4, -0.2) is 27.7 Å². The minimum atomic E-state index is -1.41.